The molecular formula is C12H12ClN5O3. The van der Waals surface area contributed by atoms with E-state index >= 15 is 0 Å². The number of nitrogens with zero attached hydrogens (tertiary/aromatic N) is 3. The molecule has 2 saturated heterocycles. The summed E-state index contributed by atoms with van der Waals surface area (Å²) in [6.07, 6.45) is 1.46. The van der Waals surface area contributed by atoms with Crippen molar-refractivity contribution in [2.24, 2.45) is 0 Å². The maximum atomic E-state index is 11.5. The lowest BCUT2D eigenvalue weighted by Gasteiger charge is -2.27. The van der Waals surface area contributed by atoms with Crippen LogP contribution in [0.25, 0.3) is 6.08 Å². The number of hydrogen-bond donors (Lipinski definition) is 2. The highest BCUT2D eigenvalue weighted by molar-refractivity contribution is 6.28. The highest BCUT2D eigenvalue weighted by atomic mass is 35.5. The Kier molecular flexibility index (Phi) is 3.72. The van der Waals surface area contributed by atoms with Gasteiger partial charge in [0.1, 0.15) is 11.5 Å². The Labute approximate surface area is 125 Å². The quantitative estimate of drug-likeness (QED) is 0.458. The van der Waals surface area contributed by atoms with Gasteiger partial charge in [0.25, 0.3) is 5.91 Å². The zero-order chi connectivity index (χ0) is 14.8. The minimum absolute atomic E-state index is 0.0792. The molecular weight excluding hydrogens is 298 g/mol. The number of carbonyl (C=O) groups excluding carboxylic acids is 2. The average molecular weight is 310 g/mol. The van der Waals surface area contributed by atoms with Gasteiger partial charge in [0.05, 0.1) is 18.9 Å². The van der Waals surface area contributed by atoms with Gasteiger partial charge in [0.2, 0.25) is 5.28 Å². The van der Waals surface area contributed by atoms with Crippen molar-refractivity contribution in [1.82, 2.24) is 20.6 Å². The van der Waals surface area contributed by atoms with E-state index in [1.807, 2.05) is 4.90 Å². The summed E-state index contributed by atoms with van der Waals surface area (Å²) in [6.45, 7) is 2.66. The normalized spacial score (nSPS) is 20.6. The summed E-state index contributed by atoms with van der Waals surface area (Å²) in [6, 6.07) is 1.15. The lowest BCUT2D eigenvalue weighted by molar-refractivity contribution is -0.115. The second-order valence-electron chi connectivity index (χ2n) is 4.49. The van der Waals surface area contributed by atoms with Crippen molar-refractivity contribution in [3.8, 4) is 0 Å². The molecule has 9 heteroatoms. The number of aromatic nitrogens is 2. The third kappa shape index (κ3) is 3.11. The highest BCUT2D eigenvalue weighted by Gasteiger charge is 2.23. The number of hydrogen-bond acceptors (Lipinski definition) is 6. The molecule has 0 aromatic carbocycles. The van der Waals surface area contributed by atoms with Gasteiger partial charge in [-0.2, -0.15) is 0 Å². The Morgan fingerprint density at radius 1 is 1.24 bits per heavy atom. The van der Waals surface area contributed by atoms with Crippen molar-refractivity contribution in [1.29, 1.82) is 0 Å². The first kappa shape index (κ1) is 13.8. The standard InChI is InChI=1S/C12H12ClN5O3/c13-11-14-7(5-8-10(19)17-12(20)15-8)6-9(16-11)18-1-3-21-4-2-18/h5-6H,1-4H2,(H2,15,17,19,20)/b8-5+. The topological polar surface area (TPSA) is 96.5 Å². The lowest BCUT2D eigenvalue weighted by Crippen LogP contribution is -2.36. The van der Waals surface area contributed by atoms with Crippen LogP contribution in [0.15, 0.2) is 11.8 Å². The van der Waals surface area contributed by atoms with Crippen LogP contribution in [0, 0.1) is 0 Å². The smallest absolute Gasteiger partial charge is 0.326 e. The van der Waals surface area contributed by atoms with Crippen molar-refractivity contribution >= 4 is 35.4 Å². The molecule has 3 heterocycles. The van der Waals surface area contributed by atoms with Crippen molar-refractivity contribution < 1.29 is 14.3 Å². The number of halogens is 1. The zero-order valence-corrected chi connectivity index (χ0v) is 11.7. The van der Waals surface area contributed by atoms with Crippen LogP contribution < -0.4 is 15.5 Å². The van der Waals surface area contributed by atoms with Crippen LogP contribution in [0.1, 0.15) is 5.69 Å². The SMILES string of the molecule is O=C1NC(=O)/C(=C\c2cc(N3CCOCC3)nc(Cl)n2)N1. The van der Waals surface area contributed by atoms with Crippen LogP contribution in [0.2, 0.25) is 5.28 Å². The Hall–Kier alpha value is -2.19. The summed E-state index contributed by atoms with van der Waals surface area (Å²) < 4.78 is 5.28. The molecule has 2 aliphatic rings. The molecule has 0 bridgehead atoms. The Bertz CT molecular complexity index is 627. The number of rotatable bonds is 2. The summed E-state index contributed by atoms with van der Waals surface area (Å²) in [4.78, 5) is 32.8. The fourth-order valence-corrected chi connectivity index (χ4v) is 2.27. The molecule has 2 fully saturated rings. The van der Waals surface area contributed by atoms with Gasteiger partial charge in [0, 0.05) is 19.2 Å². The van der Waals surface area contributed by atoms with E-state index in [1.165, 1.54) is 6.08 Å². The average Bonchev–Trinajstić information content (AvgIpc) is 2.77. The maximum absolute atomic E-state index is 11.5. The molecule has 0 unspecified atom stereocenters. The first-order valence-corrected chi connectivity index (χ1v) is 6.71. The van der Waals surface area contributed by atoms with E-state index in [1.54, 1.807) is 6.07 Å². The number of carbonyl (C=O) groups is 2. The molecule has 21 heavy (non-hydrogen) atoms. The van der Waals surface area contributed by atoms with E-state index in [4.69, 9.17) is 16.3 Å². The number of imide groups is 1. The molecule has 0 aliphatic carbocycles. The molecule has 0 saturated carbocycles. The van der Waals surface area contributed by atoms with Gasteiger partial charge < -0.3 is 15.0 Å². The summed E-state index contributed by atoms with van der Waals surface area (Å²) in [7, 11) is 0. The minimum Gasteiger partial charge on any atom is -0.378 e. The zero-order valence-electron chi connectivity index (χ0n) is 10.9. The van der Waals surface area contributed by atoms with Crippen LogP contribution in [-0.4, -0.2) is 48.2 Å². The van der Waals surface area contributed by atoms with Gasteiger partial charge in [-0.15, -0.1) is 0 Å². The fourth-order valence-electron chi connectivity index (χ4n) is 2.08. The number of ether oxygens (including phenoxy) is 1. The van der Waals surface area contributed by atoms with Crippen molar-refractivity contribution in [3.05, 3.63) is 22.7 Å². The van der Waals surface area contributed by atoms with E-state index in [-0.39, 0.29) is 11.0 Å². The van der Waals surface area contributed by atoms with E-state index in [0.717, 1.165) is 0 Å². The largest absolute Gasteiger partial charge is 0.378 e. The first-order valence-electron chi connectivity index (χ1n) is 6.33. The molecule has 3 amide bonds. The van der Waals surface area contributed by atoms with Gasteiger partial charge in [-0.25, -0.2) is 14.8 Å². The summed E-state index contributed by atoms with van der Waals surface area (Å²) in [5, 5.41) is 4.59. The van der Waals surface area contributed by atoms with Gasteiger partial charge in [-0.1, -0.05) is 0 Å². The van der Waals surface area contributed by atoms with Gasteiger partial charge in [-0.3, -0.25) is 10.1 Å². The second kappa shape index (κ2) is 5.66. The number of anilines is 1. The Morgan fingerprint density at radius 3 is 2.67 bits per heavy atom. The minimum atomic E-state index is -0.556. The van der Waals surface area contributed by atoms with Crippen LogP contribution >= 0.6 is 11.6 Å². The van der Waals surface area contributed by atoms with Crippen molar-refractivity contribution in [2.75, 3.05) is 31.2 Å². The Morgan fingerprint density at radius 2 is 2.00 bits per heavy atom. The number of urea groups is 1. The van der Waals surface area contributed by atoms with Crippen LogP contribution in [-0.2, 0) is 9.53 Å². The maximum Gasteiger partial charge on any atom is 0.326 e. The molecule has 0 atom stereocenters. The molecule has 1 aromatic heterocycles. The Balaban J connectivity index is 1.89. The third-order valence-corrected chi connectivity index (χ3v) is 3.22. The summed E-state index contributed by atoms with van der Waals surface area (Å²) in [5.74, 6) is 0.164. The highest BCUT2D eigenvalue weighted by Crippen LogP contribution is 2.18. The number of nitrogens with one attached hydrogen (secondary N) is 2. The van der Waals surface area contributed by atoms with Crippen molar-refractivity contribution in [2.45, 2.75) is 0 Å². The lowest BCUT2D eigenvalue weighted by atomic mass is 10.3. The monoisotopic (exact) mass is 309 g/mol. The molecule has 8 nitrogen and oxygen atoms in total. The molecule has 2 aliphatic heterocycles. The second-order valence-corrected chi connectivity index (χ2v) is 4.82. The molecule has 0 radical (unpaired) electrons. The van der Waals surface area contributed by atoms with Crippen LogP contribution in [0.5, 0.6) is 0 Å². The van der Waals surface area contributed by atoms with E-state index in [2.05, 4.69) is 20.6 Å². The van der Waals surface area contributed by atoms with Crippen molar-refractivity contribution in [3.63, 3.8) is 0 Å². The predicted molar refractivity (Wildman–Crippen MR) is 74.7 cm³/mol. The van der Waals surface area contributed by atoms with Gasteiger partial charge in [0.15, 0.2) is 0 Å². The molecule has 1 aromatic rings. The van der Waals surface area contributed by atoms with E-state index < -0.39 is 11.9 Å². The number of amides is 3. The molecule has 0 spiro atoms. The molecule has 3 rings (SSSR count). The molecule has 2 N–H and O–H groups in total. The van der Waals surface area contributed by atoms with E-state index in [9.17, 15) is 9.59 Å². The number of morpholine rings is 1. The predicted octanol–water partition coefficient (Wildman–Crippen LogP) is 0.147. The summed E-state index contributed by atoms with van der Waals surface area (Å²) >= 11 is 5.92. The third-order valence-electron chi connectivity index (χ3n) is 3.05. The molecule has 110 valence electrons. The van der Waals surface area contributed by atoms with Gasteiger partial charge >= 0.3 is 6.03 Å². The van der Waals surface area contributed by atoms with E-state index in [0.29, 0.717) is 37.8 Å². The van der Waals surface area contributed by atoms with Crippen LogP contribution in [0.3, 0.4) is 0 Å². The summed E-state index contributed by atoms with van der Waals surface area (Å²) in [5.41, 5.74) is 0.575. The first-order chi connectivity index (χ1) is 10.1. The van der Waals surface area contributed by atoms with Gasteiger partial charge in [-0.05, 0) is 17.7 Å². The fraction of sp³-hybridized carbons (Fsp3) is 0.333. The van der Waals surface area contributed by atoms with Crippen LogP contribution in [0.4, 0.5) is 10.6 Å².